The Bertz CT molecular complexity index is 878. The topological polar surface area (TPSA) is 36.4 Å². The van der Waals surface area contributed by atoms with Gasteiger partial charge < -0.3 is 5.32 Å². The lowest BCUT2D eigenvalue weighted by molar-refractivity contribution is -0.151. The second-order valence-corrected chi connectivity index (χ2v) is 13.0. The average Bonchev–Trinajstić information content (AvgIpc) is 3.29. The second kappa shape index (κ2) is 15.2. The minimum Gasteiger partial charge on any atom is -0.317 e. The molecule has 3 fully saturated rings. The smallest absolute Gasteiger partial charge is 0.317 e. The summed E-state index contributed by atoms with van der Waals surface area (Å²) in [5.74, 6) is 3.48. The number of allylic oxidation sites excluding steroid dienone is 3. The van der Waals surface area contributed by atoms with Gasteiger partial charge in [0.2, 0.25) is 0 Å². The van der Waals surface area contributed by atoms with Crippen molar-refractivity contribution in [3.8, 4) is 0 Å². The highest BCUT2D eigenvalue weighted by Gasteiger charge is 2.59. The molecule has 4 aliphatic carbocycles. The van der Waals surface area contributed by atoms with Gasteiger partial charge >= 0.3 is 6.30 Å². The fraction of sp³-hybridized carbons (Fsp3) is 0.794. The van der Waals surface area contributed by atoms with E-state index in [2.05, 4.69) is 65.9 Å². The first-order chi connectivity index (χ1) is 18.9. The maximum atomic E-state index is 10.7. The molecule has 4 aliphatic rings. The summed E-state index contributed by atoms with van der Waals surface area (Å²) in [7, 11) is 2.94. The normalized spacial score (nSPS) is 34.2. The molecule has 7 atom stereocenters. The van der Waals surface area contributed by atoms with E-state index >= 15 is 0 Å². The Labute approximate surface area is 243 Å². The number of nitrogens with one attached hydrogen (secondary N) is 2. The molecule has 0 aromatic heterocycles. The van der Waals surface area contributed by atoms with Crippen LogP contribution in [0, 0.1) is 34.5 Å². The van der Waals surface area contributed by atoms with Crippen LogP contribution in [0.5, 0.6) is 0 Å². The highest BCUT2D eigenvalue weighted by molar-refractivity contribution is 5.85. The van der Waals surface area contributed by atoms with Gasteiger partial charge in [0.25, 0.3) is 0 Å². The van der Waals surface area contributed by atoms with E-state index in [1.807, 2.05) is 0 Å². The molecular weight excluding hydrogens is 507 g/mol. The molecule has 0 heterocycles. The number of nitrogens with zero attached hydrogens (tertiary/aromatic N) is 1. The van der Waals surface area contributed by atoms with E-state index in [-0.39, 0.29) is 0 Å². The second-order valence-electron chi connectivity index (χ2n) is 13.0. The van der Waals surface area contributed by atoms with E-state index in [4.69, 9.17) is 4.99 Å². The fourth-order valence-corrected chi connectivity index (χ4v) is 8.82. The minimum absolute atomic E-state index is 0.453. The highest BCUT2D eigenvalue weighted by Crippen LogP contribution is 2.67. The van der Waals surface area contributed by atoms with Crippen molar-refractivity contribution in [3.05, 3.63) is 37.0 Å². The molecule has 0 saturated heterocycles. The van der Waals surface area contributed by atoms with Gasteiger partial charge in [0.05, 0.1) is 0 Å². The molecule has 40 heavy (non-hydrogen) atoms. The highest BCUT2D eigenvalue weighted by atomic mass is 19.4. The van der Waals surface area contributed by atoms with Crippen molar-refractivity contribution < 1.29 is 13.2 Å². The summed E-state index contributed by atoms with van der Waals surface area (Å²) in [6.07, 6.45) is 14.3. The van der Waals surface area contributed by atoms with Gasteiger partial charge in [-0.3, -0.25) is 4.99 Å². The third-order valence-corrected chi connectivity index (χ3v) is 11.0. The number of alkyl halides is 3. The first-order valence-electron chi connectivity index (χ1n) is 15.7. The van der Waals surface area contributed by atoms with Crippen molar-refractivity contribution >= 4 is 5.71 Å². The number of aliphatic imine (C=N–C) groups is 1. The van der Waals surface area contributed by atoms with Gasteiger partial charge in [-0.05, 0) is 120 Å². The molecule has 0 amide bonds. The summed E-state index contributed by atoms with van der Waals surface area (Å²) >= 11 is 0. The van der Waals surface area contributed by atoms with Crippen LogP contribution in [0.25, 0.3) is 0 Å². The monoisotopic (exact) mass is 565 g/mol. The van der Waals surface area contributed by atoms with Crippen LogP contribution in [0.4, 0.5) is 13.2 Å². The molecule has 0 spiro atoms. The average molecular weight is 566 g/mol. The Morgan fingerprint density at radius 1 is 1.05 bits per heavy atom. The van der Waals surface area contributed by atoms with E-state index in [0.717, 1.165) is 42.6 Å². The summed E-state index contributed by atoms with van der Waals surface area (Å²) < 4.78 is 32.0. The van der Waals surface area contributed by atoms with Crippen LogP contribution in [-0.2, 0) is 0 Å². The maximum absolute atomic E-state index is 10.7. The van der Waals surface area contributed by atoms with Crippen LogP contribution in [0.3, 0.4) is 0 Å². The van der Waals surface area contributed by atoms with Gasteiger partial charge in [-0.1, -0.05) is 51.0 Å². The molecule has 0 radical (unpaired) electrons. The van der Waals surface area contributed by atoms with Crippen LogP contribution in [0.1, 0.15) is 105 Å². The third-order valence-electron chi connectivity index (χ3n) is 11.0. The molecule has 7 unspecified atom stereocenters. The Balaban J connectivity index is 0.000000622. The first kappa shape index (κ1) is 34.8. The maximum Gasteiger partial charge on any atom is 0.457 e. The van der Waals surface area contributed by atoms with E-state index in [1.54, 1.807) is 5.57 Å². The number of halogens is 3. The Morgan fingerprint density at radius 3 is 2.33 bits per heavy atom. The predicted molar refractivity (Wildman–Crippen MR) is 166 cm³/mol. The summed E-state index contributed by atoms with van der Waals surface area (Å²) in [6, 6.07) is 0.669. The van der Waals surface area contributed by atoms with Gasteiger partial charge in [-0.25, -0.2) is 5.32 Å². The summed E-state index contributed by atoms with van der Waals surface area (Å²) in [5, 5.41) is 4.59. The lowest BCUT2D eigenvalue weighted by Gasteiger charge is -2.58. The Morgan fingerprint density at radius 2 is 1.73 bits per heavy atom. The number of fused-ring (bicyclic) bond motifs is 5. The molecular formula is C34H58F3N3. The van der Waals surface area contributed by atoms with E-state index in [9.17, 15) is 13.2 Å². The van der Waals surface area contributed by atoms with Crippen molar-refractivity contribution in [3.63, 3.8) is 0 Å². The predicted octanol–water partition coefficient (Wildman–Crippen LogP) is 9.28. The van der Waals surface area contributed by atoms with Crippen LogP contribution < -0.4 is 10.6 Å². The zero-order chi connectivity index (χ0) is 30.1. The molecule has 0 aromatic rings. The van der Waals surface area contributed by atoms with E-state index in [1.165, 1.54) is 88.3 Å². The zero-order valence-corrected chi connectivity index (χ0v) is 26.4. The van der Waals surface area contributed by atoms with Crippen molar-refractivity contribution in [1.82, 2.24) is 10.6 Å². The fourth-order valence-electron chi connectivity index (χ4n) is 8.82. The largest absolute Gasteiger partial charge is 0.457 e. The quantitative estimate of drug-likeness (QED) is 0.133. The SMILES string of the molecule is C=C.C=C1C=C2CCC3C(CCC4(C)C(C(C)=NCCCC(CCC)NC)CCC34)C2(C)CC1.CNC(F)(F)F. The number of hydrogen-bond acceptors (Lipinski definition) is 3. The van der Waals surface area contributed by atoms with Crippen LogP contribution >= 0.6 is 0 Å². The van der Waals surface area contributed by atoms with Crippen molar-refractivity contribution in [2.75, 3.05) is 20.6 Å². The van der Waals surface area contributed by atoms with E-state index in [0.29, 0.717) is 16.9 Å². The molecule has 0 aliphatic heterocycles. The van der Waals surface area contributed by atoms with Crippen molar-refractivity contribution in [1.29, 1.82) is 0 Å². The Hall–Kier alpha value is -1.40. The van der Waals surface area contributed by atoms with Crippen molar-refractivity contribution in [2.24, 2.45) is 39.5 Å². The van der Waals surface area contributed by atoms with Gasteiger partial charge in [0.15, 0.2) is 0 Å². The minimum atomic E-state index is -4.21. The number of rotatable bonds is 8. The van der Waals surface area contributed by atoms with Crippen LogP contribution in [0.2, 0.25) is 0 Å². The molecule has 0 bridgehead atoms. The first-order valence-corrected chi connectivity index (χ1v) is 15.7. The zero-order valence-electron chi connectivity index (χ0n) is 26.4. The van der Waals surface area contributed by atoms with Gasteiger partial charge in [0.1, 0.15) is 0 Å². The summed E-state index contributed by atoms with van der Waals surface area (Å²) in [4.78, 5) is 5.17. The molecule has 3 nitrogen and oxygen atoms in total. The van der Waals surface area contributed by atoms with Gasteiger partial charge in [-0.15, -0.1) is 13.2 Å². The van der Waals surface area contributed by atoms with E-state index < -0.39 is 6.30 Å². The summed E-state index contributed by atoms with van der Waals surface area (Å²) in [5.41, 5.74) is 5.53. The molecule has 0 aromatic carbocycles. The number of hydrogen-bond donors (Lipinski definition) is 2. The third kappa shape index (κ3) is 8.12. The lowest BCUT2D eigenvalue weighted by Crippen LogP contribution is -2.50. The molecule has 4 rings (SSSR count). The lowest BCUT2D eigenvalue weighted by atomic mass is 9.46. The van der Waals surface area contributed by atoms with Crippen molar-refractivity contribution in [2.45, 2.75) is 117 Å². The van der Waals surface area contributed by atoms with Gasteiger partial charge in [0, 0.05) is 24.2 Å². The standard InChI is InChI=1S/C30H50N2.C2H4F3N.C2H4/c1-7-9-24(31-6)10-8-19-32-22(3)26-13-14-27-25-12-11-23-20-21(2)15-17-29(23,4)28(25)16-18-30(26,27)5;1-6-2(3,4)5;1-2/h20,24-28,31H,2,7-19H2,1,3-6H3;6H,1H3;1-2H2. The molecule has 6 heteroatoms. The van der Waals surface area contributed by atoms with Crippen LogP contribution in [0.15, 0.2) is 42.0 Å². The Kier molecular flexibility index (Phi) is 13.2. The molecule has 230 valence electrons. The molecule has 2 N–H and O–H groups in total. The summed E-state index contributed by atoms with van der Waals surface area (Å²) in [6.45, 7) is 21.2. The van der Waals surface area contributed by atoms with Gasteiger partial charge in [-0.2, -0.15) is 13.2 Å². The molecule has 3 saturated carbocycles. The van der Waals surface area contributed by atoms with Crippen LogP contribution in [-0.4, -0.2) is 38.7 Å².